The van der Waals surface area contributed by atoms with Crippen molar-refractivity contribution in [1.29, 1.82) is 0 Å². The fourth-order valence-electron chi connectivity index (χ4n) is 1.71. The minimum atomic E-state index is -0.0788. The van der Waals surface area contributed by atoms with Gasteiger partial charge in [-0.25, -0.2) is 0 Å². The second-order valence-corrected chi connectivity index (χ2v) is 5.82. The highest BCUT2D eigenvalue weighted by Gasteiger charge is 2.32. The molecule has 1 aliphatic rings. The molecule has 0 aromatic heterocycles. The predicted molar refractivity (Wildman–Crippen MR) is 82.4 cm³/mol. The number of ether oxygens (including phenoxy) is 1. The van der Waals surface area contributed by atoms with Crippen LogP contribution in [0.1, 0.15) is 19.4 Å². The van der Waals surface area contributed by atoms with Crippen molar-refractivity contribution in [3.8, 4) is 5.75 Å². The Morgan fingerprint density at radius 2 is 2.05 bits per heavy atom. The normalized spacial score (nSPS) is 20.9. The Morgan fingerprint density at radius 1 is 1.35 bits per heavy atom. The summed E-state index contributed by atoms with van der Waals surface area (Å²) in [6.07, 6.45) is 1.64. The topological polar surface area (TPSA) is 63.1 Å². The summed E-state index contributed by atoms with van der Waals surface area (Å²) in [4.78, 5) is 11.7. The van der Waals surface area contributed by atoms with Gasteiger partial charge in [-0.1, -0.05) is 25.6 Å². The highest BCUT2D eigenvalue weighted by atomic mass is 32.2. The van der Waals surface area contributed by atoms with Gasteiger partial charge >= 0.3 is 0 Å². The first-order valence-corrected chi connectivity index (χ1v) is 7.20. The molecule has 20 heavy (non-hydrogen) atoms. The van der Waals surface area contributed by atoms with Gasteiger partial charge in [0.25, 0.3) is 0 Å². The standard InChI is InChI=1S/C14H17N3O2S/c1-9(2)12-13(18)16-14(20-12)17-15-8-10-4-6-11(19-3)7-5-10/h4-9,12H,1-3H3,(H,16,17,18)/b15-8-/t12-/m0/s1. The minimum absolute atomic E-state index is 0.00315. The maximum absolute atomic E-state index is 11.7. The van der Waals surface area contributed by atoms with E-state index in [2.05, 4.69) is 15.5 Å². The summed E-state index contributed by atoms with van der Waals surface area (Å²) in [6, 6.07) is 7.49. The molecular formula is C14H17N3O2S. The number of thioether (sulfide) groups is 1. The van der Waals surface area contributed by atoms with Crippen molar-refractivity contribution in [2.75, 3.05) is 7.11 Å². The molecule has 1 aromatic rings. The molecule has 0 bridgehead atoms. The first-order valence-electron chi connectivity index (χ1n) is 6.32. The van der Waals surface area contributed by atoms with E-state index >= 15 is 0 Å². The molecule has 0 spiro atoms. The van der Waals surface area contributed by atoms with Crippen molar-refractivity contribution in [3.05, 3.63) is 29.8 Å². The Hall–Kier alpha value is -1.82. The van der Waals surface area contributed by atoms with E-state index in [9.17, 15) is 4.79 Å². The number of rotatable bonds is 4. The van der Waals surface area contributed by atoms with Crippen LogP contribution in [0.2, 0.25) is 0 Å². The molecule has 1 atom stereocenters. The summed E-state index contributed by atoms with van der Waals surface area (Å²) in [5, 5.41) is 11.2. The zero-order valence-electron chi connectivity index (χ0n) is 11.7. The zero-order chi connectivity index (χ0) is 14.5. The van der Waals surface area contributed by atoms with Crippen LogP contribution in [0.25, 0.3) is 0 Å². The van der Waals surface area contributed by atoms with Gasteiger partial charge < -0.3 is 10.1 Å². The Bertz CT molecular complexity index is 538. The lowest BCUT2D eigenvalue weighted by atomic mass is 10.1. The average Bonchev–Trinajstić information content (AvgIpc) is 2.81. The fraction of sp³-hybridized carbons (Fsp3) is 0.357. The summed E-state index contributed by atoms with van der Waals surface area (Å²) in [7, 11) is 1.63. The number of hydrogen-bond donors (Lipinski definition) is 1. The lowest BCUT2D eigenvalue weighted by Gasteiger charge is -2.07. The van der Waals surface area contributed by atoms with E-state index in [0.29, 0.717) is 5.17 Å². The van der Waals surface area contributed by atoms with E-state index < -0.39 is 0 Å². The lowest BCUT2D eigenvalue weighted by Crippen LogP contribution is -2.27. The maximum Gasteiger partial charge on any atom is 0.239 e. The molecule has 6 heteroatoms. The van der Waals surface area contributed by atoms with Gasteiger partial charge in [-0.15, -0.1) is 5.10 Å². The smallest absolute Gasteiger partial charge is 0.239 e. The van der Waals surface area contributed by atoms with Crippen LogP contribution in [-0.4, -0.2) is 29.6 Å². The number of methoxy groups -OCH3 is 1. The van der Waals surface area contributed by atoms with Crippen LogP contribution < -0.4 is 10.1 Å². The van der Waals surface area contributed by atoms with Crippen molar-refractivity contribution >= 4 is 29.1 Å². The monoisotopic (exact) mass is 291 g/mol. The minimum Gasteiger partial charge on any atom is -0.497 e. The van der Waals surface area contributed by atoms with Gasteiger partial charge in [0.2, 0.25) is 5.91 Å². The Balaban J connectivity index is 1.98. The lowest BCUT2D eigenvalue weighted by molar-refractivity contribution is -0.119. The van der Waals surface area contributed by atoms with Crippen molar-refractivity contribution in [2.45, 2.75) is 19.1 Å². The van der Waals surface area contributed by atoms with Gasteiger partial charge in [0, 0.05) is 0 Å². The number of carbonyl (C=O) groups excluding carboxylic acids is 1. The molecule has 1 N–H and O–H groups in total. The van der Waals surface area contributed by atoms with Crippen molar-refractivity contribution in [2.24, 2.45) is 16.1 Å². The Labute approximate surface area is 122 Å². The number of nitrogens with one attached hydrogen (secondary N) is 1. The SMILES string of the molecule is COc1ccc(/C=N\N=C2\NC(=O)[C@H](C(C)C)S2)cc1. The van der Waals surface area contributed by atoms with Crippen LogP contribution in [0.15, 0.2) is 34.5 Å². The van der Waals surface area contributed by atoms with Crippen LogP contribution in [0.4, 0.5) is 0 Å². The van der Waals surface area contributed by atoms with E-state index in [0.717, 1.165) is 11.3 Å². The molecule has 1 heterocycles. The van der Waals surface area contributed by atoms with E-state index in [-0.39, 0.29) is 17.1 Å². The van der Waals surface area contributed by atoms with Crippen LogP contribution in [0.3, 0.4) is 0 Å². The van der Waals surface area contributed by atoms with Crippen molar-refractivity contribution in [1.82, 2.24) is 5.32 Å². The summed E-state index contributed by atoms with van der Waals surface area (Å²) < 4.78 is 5.08. The highest BCUT2D eigenvalue weighted by molar-refractivity contribution is 8.15. The molecular weight excluding hydrogens is 274 g/mol. The maximum atomic E-state index is 11.7. The van der Waals surface area contributed by atoms with Crippen LogP contribution in [-0.2, 0) is 4.79 Å². The van der Waals surface area contributed by atoms with Crippen LogP contribution in [0, 0.1) is 5.92 Å². The molecule has 0 radical (unpaired) electrons. The molecule has 1 fully saturated rings. The molecule has 1 aliphatic heterocycles. The second kappa shape index (κ2) is 6.56. The Kier molecular flexibility index (Phi) is 4.79. The summed E-state index contributed by atoms with van der Waals surface area (Å²) in [5.74, 6) is 1.08. The predicted octanol–water partition coefficient (Wildman–Crippen LogP) is 2.27. The van der Waals surface area contributed by atoms with Gasteiger partial charge in [0.15, 0.2) is 5.17 Å². The number of carbonyl (C=O) groups is 1. The number of benzene rings is 1. The summed E-state index contributed by atoms with van der Waals surface area (Å²) >= 11 is 1.42. The van der Waals surface area contributed by atoms with Gasteiger partial charge in [0.1, 0.15) is 5.75 Å². The fourth-order valence-corrected chi connectivity index (χ4v) is 2.64. The highest BCUT2D eigenvalue weighted by Crippen LogP contribution is 2.25. The molecule has 1 aromatic carbocycles. The quantitative estimate of drug-likeness (QED) is 0.683. The summed E-state index contributed by atoms with van der Waals surface area (Å²) in [6.45, 7) is 4.03. The molecule has 1 saturated heterocycles. The van der Waals surface area contributed by atoms with Crippen molar-refractivity contribution in [3.63, 3.8) is 0 Å². The average molecular weight is 291 g/mol. The van der Waals surface area contributed by atoms with E-state index in [1.54, 1.807) is 13.3 Å². The van der Waals surface area contributed by atoms with Gasteiger partial charge in [-0.2, -0.15) is 5.10 Å². The van der Waals surface area contributed by atoms with Gasteiger partial charge in [-0.05, 0) is 35.7 Å². The Morgan fingerprint density at radius 3 is 2.60 bits per heavy atom. The van der Waals surface area contributed by atoms with Crippen LogP contribution >= 0.6 is 11.8 Å². The number of nitrogens with zero attached hydrogens (tertiary/aromatic N) is 2. The molecule has 1 amide bonds. The van der Waals surface area contributed by atoms with Crippen LogP contribution in [0.5, 0.6) is 5.75 Å². The zero-order valence-corrected chi connectivity index (χ0v) is 12.5. The molecule has 0 unspecified atom stereocenters. The van der Waals surface area contributed by atoms with Gasteiger partial charge in [0.05, 0.1) is 18.6 Å². The van der Waals surface area contributed by atoms with E-state index in [1.165, 1.54) is 11.8 Å². The van der Waals surface area contributed by atoms with Gasteiger partial charge in [-0.3, -0.25) is 4.79 Å². The van der Waals surface area contributed by atoms with E-state index in [4.69, 9.17) is 4.74 Å². The number of amides is 1. The third kappa shape index (κ3) is 3.60. The molecule has 106 valence electrons. The third-order valence-corrected chi connectivity index (χ3v) is 4.22. The molecule has 0 saturated carbocycles. The number of hydrogen-bond acceptors (Lipinski definition) is 5. The molecule has 5 nitrogen and oxygen atoms in total. The second-order valence-electron chi connectivity index (χ2n) is 4.69. The largest absolute Gasteiger partial charge is 0.497 e. The first kappa shape index (κ1) is 14.6. The van der Waals surface area contributed by atoms with E-state index in [1.807, 2.05) is 38.1 Å². The molecule has 0 aliphatic carbocycles. The third-order valence-electron chi connectivity index (χ3n) is 2.80. The molecule has 2 rings (SSSR count). The number of amidine groups is 1. The van der Waals surface area contributed by atoms with Crippen molar-refractivity contribution < 1.29 is 9.53 Å². The first-order chi connectivity index (χ1) is 9.60. The summed E-state index contributed by atoms with van der Waals surface area (Å²) in [5.41, 5.74) is 0.921.